The van der Waals surface area contributed by atoms with E-state index in [9.17, 15) is 4.79 Å². The molecule has 0 bridgehead atoms. The second-order valence-electron chi connectivity index (χ2n) is 7.01. The monoisotopic (exact) mass is 346 g/mol. The van der Waals surface area contributed by atoms with Crippen LogP contribution >= 0.6 is 0 Å². The number of hydrogen-bond acceptors (Lipinski definition) is 1. The highest BCUT2D eigenvalue weighted by atomic mass is 16.1. The number of hydrogen-bond donors (Lipinski definition) is 0. The van der Waals surface area contributed by atoms with Crippen molar-refractivity contribution in [3.63, 3.8) is 0 Å². The molecule has 0 saturated heterocycles. The predicted molar refractivity (Wildman–Crippen MR) is 111 cm³/mol. The summed E-state index contributed by atoms with van der Waals surface area (Å²) in [5, 5.41) is 0. The third-order valence-corrected chi connectivity index (χ3v) is 4.81. The quantitative estimate of drug-likeness (QED) is 0.411. The van der Waals surface area contributed by atoms with Crippen LogP contribution in [0, 0.1) is 17.8 Å². The van der Waals surface area contributed by atoms with Crippen molar-refractivity contribution in [3.05, 3.63) is 70.8 Å². The fraction of sp³-hybridized carbons (Fsp3) is 0.400. The second-order valence-corrected chi connectivity index (χ2v) is 7.01. The highest BCUT2D eigenvalue weighted by Gasteiger charge is 2.26. The van der Waals surface area contributed by atoms with E-state index in [1.165, 1.54) is 11.1 Å². The molecule has 1 atom stereocenters. The molecule has 0 aliphatic heterocycles. The average molecular weight is 347 g/mol. The molecule has 1 unspecified atom stereocenters. The van der Waals surface area contributed by atoms with Crippen LogP contribution in [0.15, 0.2) is 65.3 Å². The van der Waals surface area contributed by atoms with Gasteiger partial charge in [0.05, 0.1) is 5.92 Å². The van der Waals surface area contributed by atoms with Gasteiger partial charge in [0.25, 0.3) is 0 Å². The van der Waals surface area contributed by atoms with E-state index < -0.39 is 0 Å². The van der Waals surface area contributed by atoms with Crippen molar-refractivity contribution in [2.24, 2.45) is 5.92 Å². The molecular weight excluding hydrogens is 316 g/mol. The molecule has 26 heavy (non-hydrogen) atoms. The molecule has 2 rings (SSSR count). The summed E-state index contributed by atoms with van der Waals surface area (Å²) in [5.74, 6) is 6.94. The molecule has 0 aromatic heterocycles. The lowest BCUT2D eigenvalue weighted by atomic mass is 9.91. The molecule has 1 nitrogen and oxygen atoms in total. The second kappa shape index (κ2) is 10.6. The number of Topliss-reactive ketones (excluding diaryl/α,β-unsaturated/α-hetero) is 1. The first-order valence-electron chi connectivity index (χ1n) is 9.71. The lowest BCUT2D eigenvalue weighted by Crippen LogP contribution is -2.08. The third-order valence-electron chi connectivity index (χ3n) is 4.81. The number of carbonyl (C=O) groups excluding carboxylic acids is 1. The molecule has 0 fully saturated rings. The van der Waals surface area contributed by atoms with Crippen LogP contribution in [0.25, 0.3) is 0 Å². The van der Waals surface area contributed by atoms with E-state index in [0.717, 1.165) is 43.2 Å². The Morgan fingerprint density at radius 3 is 2.62 bits per heavy atom. The molecule has 1 heteroatoms. The SMILES string of the molecule is CCC=CCCC(C)=CCC(C#Cc1ccccc1)C1=C(C)CCC1=O. The maximum absolute atomic E-state index is 12.4. The Kier molecular flexibility index (Phi) is 8.16. The molecule has 0 saturated carbocycles. The van der Waals surface area contributed by atoms with Crippen LogP contribution in [0.4, 0.5) is 0 Å². The van der Waals surface area contributed by atoms with Gasteiger partial charge in [0.1, 0.15) is 0 Å². The maximum atomic E-state index is 12.4. The van der Waals surface area contributed by atoms with Crippen molar-refractivity contribution in [2.75, 3.05) is 0 Å². The van der Waals surface area contributed by atoms with Gasteiger partial charge in [-0.15, -0.1) is 0 Å². The molecule has 0 N–H and O–H groups in total. The summed E-state index contributed by atoms with van der Waals surface area (Å²) >= 11 is 0. The van der Waals surface area contributed by atoms with Crippen LogP contribution in [0.1, 0.15) is 64.9 Å². The summed E-state index contributed by atoms with van der Waals surface area (Å²) in [6.45, 7) is 6.42. The summed E-state index contributed by atoms with van der Waals surface area (Å²) in [6, 6.07) is 10.0. The fourth-order valence-electron chi connectivity index (χ4n) is 3.26. The summed E-state index contributed by atoms with van der Waals surface area (Å²) in [5.41, 5.74) is 4.57. The molecule has 1 aromatic carbocycles. The molecular formula is C25H30O. The Bertz CT molecular complexity index is 750. The standard InChI is InChI=1S/C25H30O/c1-4-5-6-8-11-20(2)14-17-23(25-21(3)15-19-24(25)26)18-16-22-12-9-7-10-13-22/h5-7,9-10,12-14,23H,4,8,11,15,17,19H2,1-3H3. The molecule has 1 aliphatic carbocycles. The van der Waals surface area contributed by atoms with Gasteiger partial charge in [0.2, 0.25) is 0 Å². The first-order valence-corrected chi connectivity index (χ1v) is 9.71. The van der Waals surface area contributed by atoms with Gasteiger partial charge in [-0.05, 0) is 58.1 Å². The van der Waals surface area contributed by atoms with Crippen LogP contribution < -0.4 is 0 Å². The van der Waals surface area contributed by atoms with Gasteiger partial charge in [0, 0.05) is 17.6 Å². The minimum Gasteiger partial charge on any atom is -0.294 e. The number of benzene rings is 1. The first-order chi connectivity index (χ1) is 12.6. The Morgan fingerprint density at radius 2 is 1.96 bits per heavy atom. The lowest BCUT2D eigenvalue weighted by molar-refractivity contribution is -0.115. The minimum atomic E-state index is 0.00587. The van der Waals surface area contributed by atoms with Crippen molar-refractivity contribution in [3.8, 4) is 11.8 Å². The first kappa shape index (κ1) is 20.0. The van der Waals surface area contributed by atoms with Crippen molar-refractivity contribution < 1.29 is 4.79 Å². The van der Waals surface area contributed by atoms with E-state index in [2.05, 4.69) is 50.8 Å². The van der Waals surface area contributed by atoms with Crippen LogP contribution in [-0.4, -0.2) is 5.78 Å². The summed E-state index contributed by atoms with van der Waals surface area (Å²) in [6.07, 6.45) is 12.3. The summed E-state index contributed by atoms with van der Waals surface area (Å²) in [4.78, 5) is 12.4. The Hall–Kier alpha value is -2.33. The van der Waals surface area contributed by atoms with Gasteiger partial charge in [-0.3, -0.25) is 4.79 Å². The van der Waals surface area contributed by atoms with Gasteiger partial charge in [-0.1, -0.05) is 66.3 Å². The fourth-order valence-corrected chi connectivity index (χ4v) is 3.26. The van der Waals surface area contributed by atoms with Gasteiger partial charge < -0.3 is 0 Å². The van der Waals surface area contributed by atoms with Crippen LogP contribution in [0.5, 0.6) is 0 Å². The van der Waals surface area contributed by atoms with E-state index in [0.29, 0.717) is 6.42 Å². The largest absolute Gasteiger partial charge is 0.294 e. The Labute approximate surface area is 158 Å². The van der Waals surface area contributed by atoms with Gasteiger partial charge in [-0.2, -0.15) is 0 Å². The van der Waals surface area contributed by atoms with E-state index in [1.807, 2.05) is 30.3 Å². The molecule has 0 amide bonds. The molecule has 136 valence electrons. The number of carbonyl (C=O) groups is 1. The zero-order chi connectivity index (χ0) is 18.8. The maximum Gasteiger partial charge on any atom is 0.160 e. The smallest absolute Gasteiger partial charge is 0.160 e. The van der Waals surface area contributed by atoms with Crippen molar-refractivity contribution in [1.82, 2.24) is 0 Å². The van der Waals surface area contributed by atoms with E-state index >= 15 is 0 Å². The van der Waals surface area contributed by atoms with Crippen LogP contribution in [-0.2, 0) is 4.79 Å². The molecule has 0 heterocycles. The van der Waals surface area contributed by atoms with Crippen molar-refractivity contribution >= 4 is 5.78 Å². The predicted octanol–water partition coefficient (Wildman–Crippen LogP) is 6.42. The highest BCUT2D eigenvalue weighted by molar-refractivity contribution is 5.99. The average Bonchev–Trinajstić information content (AvgIpc) is 2.98. The van der Waals surface area contributed by atoms with Gasteiger partial charge in [0.15, 0.2) is 5.78 Å². The van der Waals surface area contributed by atoms with Gasteiger partial charge >= 0.3 is 0 Å². The molecule has 1 aliphatic rings. The molecule has 0 radical (unpaired) electrons. The Balaban J connectivity index is 2.14. The number of ketones is 1. The van der Waals surface area contributed by atoms with Gasteiger partial charge in [-0.25, -0.2) is 0 Å². The topological polar surface area (TPSA) is 17.1 Å². The van der Waals surface area contributed by atoms with E-state index in [4.69, 9.17) is 0 Å². The zero-order valence-corrected chi connectivity index (χ0v) is 16.3. The molecule has 0 spiro atoms. The number of allylic oxidation sites excluding steroid dienone is 6. The minimum absolute atomic E-state index is 0.00587. The zero-order valence-electron chi connectivity index (χ0n) is 16.3. The van der Waals surface area contributed by atoms with E-state index in [1.54, 1.807) is 0 Å². The Morgan fingerprint density at radius 1 is 1.19 bits per heavy atom. The van der Waals surface area contributed by atoms with Crippen LogP contribution in [0.2, 0.25) is 0 Å². The lowest BCUT2D eigenvalue weighted by Gasteiger charge is -2.11. The highest BCUT2D eigenvalue weighted by Crippen LogP contribution is 2.30. The number of rotatable bonds is 7. The third kappa shape index (κ3) is 6.19. The normalized spacial score (nSPS) is 16.1. The van der Waals surface area contributed by atoms with Crippen molar-refractivity contribution in [1.29, 1.82) is 0 Å². The van der Waals surface area contributed by atoms with Crippen molar-refractivity contribution in [2.45, 2.75) is 59.3 Å². The summed E-state index contributed by atoms with van der Waals surface area (Å²) < 4.78 is 0. The molecule has 1 aromatic rings. The van der Waals surface area contributed by atoms with Crippen LogP contribution in [0.3, 0.4) is 0 Å². The summed E-state index contributed by atoms with van der Waals surface area (Å²) in [7, 11) is 0. The van der Waals surface area contributed by atoms with E-state index in [-0.39, 0.29) is 11.7 Å².